The van der Waals surface area contributed by atoms with Gasteiger partial charge in [0.25, 0.3) is 0 Å². The highest BCUT2D eigenvalue weighted by molar-refractivity contribution is 7.89. The van der Waals surface area contributed by atoms with Crippen LogP contribution < -0.4 is 4.72 Å². The van der Waals surface area contributed by atoms with E-state index in [1.165, 1.54) is 24.8 Å². The third-order valence-corrected chi connectivity index (χ3v) is 4.86. The second-order valence-corrected chi connectivity index (χ2v) is 6.96. The van der Waals surface area contributed by atoms with E-state index in [2.05, 4.69) is 16.6 Å². The summed E-state index contributed by atoms with van der Waals surface area (Å²) >= 11 is 5.68. The minimum Gasteiger partial charge on any atom is -0.244 e. The van der Waals surface area contributed by atoms with Crippen molar-refractivity contribution in [1.29, 1.82) is 0 Å². The molecule has 0 bridgehead atoms. The first-order valence-electron chi connectivity index (χ1n) is 5.53. The Balaban J connectivity index is 2.08. The van der Waals surface area contributed by atoms with Crippen molar-refractivity contribution in [2.24, 2.45) is 5.41 Å². The van der Waals surface area contributed by atoms with Gasteiger partial charge in [-0.1, -0.05) is 24.9 Å². The Hall–Kier alpha value is -0.650. The van der Waals surface area contributed by atoms with E-state index in [0.29, 0.717) is 6.54 Å². The van der Waals surface area contributed by atoms with Gasteiger partial charge in [0.15, 0.2) is 0 Å². The van der Waals surface area contributed by atoms with Gasteiger partial charge in [0.2, 0.25) is 10.0 Å². The zero-order chi connectivity index (χ0) is 12.5. The molecular weight excluding hydrogens is 260 g/mol. The Bertz CT molecular complexity index is 512. The molecule has 1 N–H and O–H groups in total. The number of pyridine rings is 1. The van der Waals surface area contributed by atoms with Crippen LogP contribution in [0, 0.1) is 5.41 Å². The number of sulfonamides is 1. The van der Waals surface area contributed by atoms with E-state index < -0.39 is 10.0 Å². The summed E-state index contributed by atoms with van der Waals surface area (Å²) in [5.74, 6) is 0. The molecule has 1 aromatic heterocycles. The number of nitrogens with zero attached hydrogens (tertiary/aromatic N) is 1. The second-order valence-electron chi connectivity index (χ2n) is 4.80. The van der Waals surface area contributed by atoms with E-state index >= 15 is 0 Å². The zero-order valence-corrected chi connectivity index (χ0v) is 11.2. The molecule has 0 aliphatic heterocycles. The average Bonchev–Trinajstić information content (AvgIpc) is 2.24. The van der Waals surface area contributed by atoms with Gasteiger partial charge in [-0.2, -0.15) is 0 Å². The molecule has 17 heavy (non-hydrogen) atoms. The van der Waals surface area contributed by atoms with Crippen molar-refractivity contribution < 1.29 is 8.42 Å². The van der Waals surface area contributed by atoms with Gasteiger partial charge >= 0.3 is 0 Å². The number of hydrogen-bond donors (Lipinski definition) is 1. The van der Waals surface area contributed by atoms with Gasteiger partial charge in [0, 0.05) is 12.7 Å². The SMILES string of the molecule is CC1(CNS(=O)(=O)c2ccnc(Cl)c2)CCC1. The van der Waals surface area contributed by atoms with Crippen molar-refractivity contribution in [3.8, 4) is 0 Å². The molecule has 1 heterocycles. The lowest BCUT2D eigenvalue weighted by atomic mass is 9.71. The van der Waals surface area contributed by atoms with Crippen molar-refractivity contribution in [2.75, 3.05) is 6.54 Å². The molecular formula is C11H15ClN2O2S. The molecule has 1 saturated carbocycles. The first-order valence-corrected chi connectivity index (χ1v) is 7.39. The monoisotopic (exact) mass is 274 g/mol. The fourth-order valence-corrected chi connectivity index (χ4v) is 3.31. The Morgan fingerprint density at radius 2 is 2.24 bits per heavy atom. The van der Waals surface area contributed by atoms with Gasteiger partial charge in [-0.15, -0.1) is 0 Å². The van der Waals surface area contributed by atoms with E-state index in [1.54, 1.807) is 0 Å². The highest BCUT2D eigenvalue weighted by Gasteiger charge is 2.33. The van der Waals surface area contributed by atoms with Gasteiger partial charge in [0.1, 0.15) is 5.15 Å². The van der Waals surface area contributed by atoms with Gasteiger partial charge < -0.3 is 0 Å². The minimum atomic E-state index is -3.47. The Labute approximate surface area is 106 Å². The summed E-state index contributed by atoms with van der Waals surface area (Å²) in [6.07, 6.45) is 4.72. The topological polar surface area (TPSA) is 59.1 Å². The molecule has 1 aliphatic carbocycles. The standard InChI is InChI=1S/C11H15ClN2O2S/c1-11(4-2-5-11)8-14-17(15,16)9-3-6-13-10(12)7-9/h3,6-7,14H,2,4-5,8H2,1H3. The number of hydrogen-bond acceptors (Lipinski definition) is 3. The van der Waals surface area contributed by atoms with Crippen LogP contribution >= 0.6 is 11.6 Å². The van der Waals surface area contributed by atoms with Crippen molar-refractivity contribution in [2.45, 2.75) is 31.1 Å². The molecule has 2 rings (SSSR count). The lowest BCUT2D eigenvalue weighted by molar-refractivity contribution is 0.166. The van der Waals surface area contributed by atoms with Gasteiger partial charge in [-0.25, -0.2) is 18.1 Å². The number of rotatable bonds is 4. The maximum atomic E-state index is 12.0. The van der Waals surface area contributed by atoms with Crippen molar-refractivity contribution in [1.82, 2.24) is 9.71 Å². The normalized spacial score (nSPS) is 18.7. The van der Waals surface area contributed by atoms with E-state index in [1.807, 2.05) is 0 Å². The number of halogens is 1. The predicted molar refractivity (Wildman–Crippen MR) is 66.4 cm³/mol. The lowest BCUT2D eigenvalue weighted by Crippen LogP contribution is -2.39. The molecule has 1 aromatic rings. The number of nitrogens with one attached hydrogen (secondary N) is 1. The first kappa shape index (κ1) is 12.8. The summed E-state index contributed by atoms with van der Waals surface area (Å²) < 4.78 is 26.6. The molecule has 0 unspecified atom stereocenters. The van der Waals surface area contributed by atoms with Crippen LogP contribution in [0.2, 0.25) is 5.15 Å². The Morgan fingerprint density at radius 3 is 2.76 bits per heavy atom. The molecule has 1 fully saturated rings. The summed E-state index contributed by atoms with van der Waals surface area (Å²) in [5.41, 5.74) is 0.115. The zero-order valence-electron chi connectivity index (χ0n) is 9.61. The Kier molecular flexibility index (Phi) is 3.43. The molecule has 0 radical (unpaired) electrons. The van der Waals surface area contributed by atoms with E-state index in [9.17, 15) is 8.42 Å². The highest BCUT2D eigenvalue weighted by Crippen LogP contribution is 2.39. The second kappa shape index (κ2) is 4.55. The summed E-state index contributed by atoms with van der Waals surface area (Å²) in [4.78, 5) is 3.93. The molecule has 4 nitrogen and oxygen atoms in total. The number of aromatic nitrogens is 1. The smallest absolute Gasteiger partial charge is 0.240 e. The molecule has 0 saturated heterocycles. The van der Waals surface area contributed by atoms with Crippen molar-refractivity contribution in [3.05, 3.63) is 23.5 Å². The Morgan fingerprint density at radius 1 is 1.53 bits per heavy atom. The average molecular weight is 275 g/mol. The molecule has 1 aliphatic rings. The van der Waals surface area contributed by atoms with E-state index in [0.717, 1.165) is 12.8 Å². The fraction of sp³-hybridized carbons (Fsp3) is 0.545. The van der Waals surface area contributed by atoms with Crippen molar-refractivity contribution >= 4 is 21.6 Å². The molecule has 0 amide bonds. The quantitative estimate of drug-likeness (QED) is 0.857. The molecule has 94 valence electrons. The molecule has 0 spiro atoms. The van der Waals surface area contributed by atoms with Gasteiger partial charge in [-0.05, 0) is 30.4 Å². The molecule has 0 aromatic carbocycles. The maximum Gasteiger partial charge on any atom is 0.240 e. The largest absolute Gasteiger partial charge is 0.244 e. The van der Waals surface area contributed by atoms with Crippen LogP contribution in [0.25, 0.3) is 0 Å². The predicted octanol–water partition coefficient (Wildman–Crippen LogP) is 2.20. The van der Waals surface area contributed by atoms with Crippen molar-refractivity contribution in [3.63, 3.8) is 0 Å². The third kappa shape index (κ3) is 2.97. The van der Waals surface area contributed by atoms with Crippen LogP contribution in [-0.4, -0.2) is 19.9 Å². The van der Waals surface area contributed by atoms with E-state index in [4.69, 9.17) is 11.6 Å². The molecule has 6 heteroatoms. The summed E-state index contributed by atoms with van der Waals surface area (Å²) in [6.45, 7) is 2.58. The third-order valence-electron chi connectivity index (χ3n) is 3.26. The van der Waals surface area contributed by atoms with Crippen LogP contribution in [-0.2, 0) is 10.0 Å². The highest BCUT2D eigenvalue weighted by atomic mass is 35.5. The summed E-state index contributed by atoms with van der Waals surface area (Å²) in [7, 11) is -3.47. The molecule has 0 atom stereocenters. The van der Waals surface area contributed by atoms with Crippen LogP contribution in [0.5, 0.6) is 0 Å². The van der Waals surface area contributed by atoms with E-state index in [-0.39, 0.29) is 15.5 Å². The fourth-order valence-electron chi connectivity index (χ4n) is 1.86. The maximum absolute atomic E-state index is 12.0. The van der Waals surface area contributed by atoms with Crippen LogP contribution in [0.1, 0.15) is 26.2 Å². The van der Waals surface area contributed by atoms with Crippen LogP contribution in [0.4, 0.5) is 0 Å². The summed E-state index contributed by atoms with van der Waals surface area (Å²) in [5, 5.41) is 0.183. The van der Waals surface area contributed by atoms with Crippen LogP contribution in [0.3, 0.4) is 0 Å². The first-order chi connectivity index (χ1) is 7.91. The lowest BCUT2D eigenvalue weighted by Gasteiger charge is -2.38. The van der Waals surface area contributed by atoms with Gasteiger partial charge in [-0.3, -0.25) is 0 Å². The van der Waals surface area contributed by atoms with Crippen LogP contribution in [0.15, 0.2) is 23.2 Å². The minimum absolute atomic E-state index is 0.115. The van der Waals surface area contributed by atoms with Gasteiger partial charge in [0.05, 0.1) is 4.90 Å². The summed E-state index contributed by atoms with van der Waals surface area (Å²) in [6, 6.07) is 2.80.